The fourth-order valence-corrected chi connectivity index (χ4v) is 2.62. The van der Waals surface area contributed by atoms with E-state index in [1.54, 1.807) is 31.3 Å². The van der Waals surface area contributed by atoms with Crippen molar-refractivity contribution in [3.8, 4) is 0 Å². The number of fused-ring (bicyclic) bond motifs is 1. The van der Waals surface area contributed by atoms with Gasteiger partial charge in [-0.25, -0.2) is 4.39 Å². The third-order valence-corrected chi connectivity index (χ3v) is 3.85. The predicted octanol–water partition coefficient (Wildman–Crippen LogP) is 3.58. The molecular formula is C17H12ClFN2O2. The fourth-order valence-electron chi connectivity index (χ4n) is 2.43. The van der Waals surface area contributed by atoms with Crippen LogP contribution in [0.5, 0.6) is 0 Å². The van der Waals surface area contributed by atoms with E-state index in [2.05, 4.69) is 5.32 Å². The number of halogens is 2. The SMILES string of the molecule is Cn1cc(C(=O)Nc2ccccc2Cl)c(=O)c2cccc(F)c21. The molecule has 1 N–H and O–H groups in total. The zero-order chi connectivity index (χ0) is 16.6. The third-order valence-electron chi connectivity index (χ3n) is 3.52. The number of benzene rings is 2. The molecule has 1 aromatic heterocycles. The summed E-state index contributed by atoms with van der Waals surface area (Å²) in [6.45, 7) is 0. The summed E-state index contributed by atoms with van der Waals surface area (Å²) < 4.78 is 15.3. The molecule has 0 saturated carbocycles. The van der Waals surface area contributed by atoms with Gasteiger partial charge in [-0.15, -0.1) is 0 Å². The molecule has 3 aromatic rings. The summed E-state index contributed by atoms with van der Waals surface area (Å²) in [6, 6.07) is 10.9. The Labute approximate surface area is 136 Å². The minimum atomic E-state index is -0.593. The highest BCUT2D eigenvalue weighted by Gasteiger charge is 2.17. The van der Waals surface area contributed by atoms with Gasteiger partial charge in [0.1, 0.15) is 11.4 Å². The summed E-state index contributed by atoms with van der Waals surface area (Å²) >= 11 is 6.00. The van der Waals surface area contributed by atoms with E-state index < -0.39 is 17.2 Å². The molecule has 3 rings (SSSR count). The average molecular weight is 331 g/mol. The molecule has 0 atom stereocenters. The highest BCUT2D eigenvalue weighted by atomic mass is 35.5. The largest absolute Gasteiger partial charge is 0.347 e. The summed E-state index contributed by atoms with van der Waals surface area (Å²) in [5.41, 5.74) is -0.0416. The Bertz CT molecular complexity index is 982. The number of carbonyl (C=O) groups is 1. The lowest BCUT2D eigenvalue weighted by Gasteiger charge is -2.11. The molecule has 0 fully saturated rings. The van der Waals surface area contributed by atoms with Crippen molar-refractivity contribution in [1.82, 2.24) is 4.57 Å². The molecule has 23 heavy (non-hydrogen) atoms. The zero-order valence-electron chi connectivity index (χ0n) is 12.1. The molecule has 0 radical (unpaired) electrons. The standard InChI is InChI=1S/C17H12ClFN2O2/c1-21-9-11(16(22)10-5-4-7-13(19)15(10)21)17(23)20-14-8-3-2-6-12(14)18/h2-9H,1H3,(H,20,23). The van der Waals surface area contributed by atoms with Crippen LogP contribution in [0.25, 0.3) is 10.9 Å². The van der Waals surface area contributed by atoms with Gasteiger partial charge in [0, 0.05) is 18.6 Å². The second-order valence-electron chi connectivity index (χ2n) is 5.05. The van der Waals surface area contributed by atoms with E-state index in [1.165, 1.54) is 29.0 Å². The highest BCUT2D eigenvalue weighted by Crippen LogP contribution is 2.21. The molecule has 2 aromatic carbocycles. The van der Waals surface area contributed by atoms with Gasteiger partial charge in [-0.3, -0.25) is 9.59 Å². The Kier molecular flexibility index (Phi) is 3.88. The topological polar surface area (TPSA) is 51.1 Å². The van der Waals surface area contributed by atoms with E-state index >= 15 is 0 Å². The second kappa shape index (κ2) is 5.85. The number of hydrogen-bond acceptors (Lipinski definition) is 2. The van der Waals surface area contributed by atoms with E-state index in [0.29, 0.717) is 10.7 Å². The molecule has 0 spiro atoms. The van der Waals surface area contributed by atoms with E-state index in [0.717, 1.165) is 0 Å². The molecule has 0 aliphatic rings. The summed E-state index contributed by atoms with van der Waals surface area (Å²) in [7, 11) is 1.58. The molecule has 0 saturated heterocycles. The Hall–Kier alpha value is -2.66. The fraction of sp³-hybridized carbons (Fsp3) is 0.0588. The first-order valence-electron chi connectivity index (χ1n) is 6.83. The first-order chi connectivity index (χ1) is 11.0. The summed E-state index contributed by atoms with van der Waals surface area (Å²) in [5, 5.41) is 3.11. The van der Waals surface area contributed by atoms with E-state index in [1.807, 2.05) is 0 Å². The molecular weight excluding hydrogens is 319 g/mol. The van der Waals surface area contributed by atoms with Crippen LogP contribution in [0.2, 0.25) is 5.02 Å². The van der Waals surface area contributed by atoms with Gasteiger partial charge < -0.3 is 9.88 Å². The van der Waals surface area contributed by atoms with E-state index in [-0.39, 0.29) is 16.5 Å². The minimum absolute atomic E-state index is 0.0782. The van der Waals surface area contributed by atoms with Crippen molar-refractivity contribution in [2.45, 2.75) is 0 Å². The van der Waals surface area contributed by atoms with Crippen molar-refractivity contribution in [1.29, 1.82) is 0 Å². The zero-order valence-corrected chi connectivity index (χ0v) is 12.9. The number of aryl methyl sites for hydroxylation is 1. The Morgan fingerprint density at radius 3 is 2.65 bits per heavy atom. The van der Waals surface area contributed by atoms with Crippen LogP contribution in [0, 0.1) is 5.82 Å². The van der Waals surface area contributed by atoms with Crippen molar-refractivity contribution < 1.29 is 9.18 Å². The number of carbonyl (C=O) groups excluding carboxylic acids is 1. The maximum atomic E-state index is 13.9. The normalized spacial score (nSPS) is 10.7. The van der Waals surface area contributed by atoms with Gasteiger partial charge in [0.05, 0.1) is 16.2 Å². The van der Waals surface area contributed by atoms with Crippen LogP contribution < -0.4 is 10.7 Å². The van der Waals surface area contributed by atoms with E-state index in [4.69, 9.17) is 11.6 Å². The number of anilines is 1. The lowest BCUT2D eigenvalue weighted by molar-refractivity contribution is 0.102. The summed E-state index contributed by atoms with van der Waals surface area (Å²) in [5.74, 6) is -1.11. The molecule has 0 unspecified atom stereocenters. The number of nitrogens with one attached hydrogen (secondary N) is 1. The molecule has 0 bridgehead atoms. The number of hydrogen-bond donors (Lipinski definition) is 1. The van der Waals surface area contributed by atoms with Gasteiger partial charge in [0.2, 0.25) is 5.43 Å². The summed E-state index contributed by atoms with van der Waals surface area (Å²) in [6.07, 6.45) is 1.32. The average Bonchev–Trinajstić information content (AvgIpc) is 2.52. The first kappa shape index (κ1) is 15.2. The molecule has 0 aliphatic carbocycles. The minimum Gasteiger partial charge on any atom is -0.347 e. The van der Waals surface area contributed by atoms with Gasteiger partial charge in [-0.1, -0.05) is 29.8 Å². The lowest BCUT2D eigenvalue weighted by atomic mass is 10.1. The van der Waals surface area contributed by atoms with Crippen LogP contribution in [0.15, 0.2) is 53.5 Å². The van der Waals surface area contributed by atoms with Gasteiger partial charge in [0.25, 0.3) is 5.91 Å². The smallest absolute Gasteiger partial charge is 0.261 e. The molecule has 6 heteroatoms. The number of nitrogens with zero attached hydrogens (tertiary/aromatic N) is 1. The third kappa shape index (κ3) is 2.71. The number of aromatic nitrogens is 1. The van der Waals surface area contributed by atoms with Crippen molar-refractivity contribution in [2.75, 3.05) is 5.32 Å². The first-order valence-corrected chi connectivity index (χ1v) is 7.20. The Balaban J connectivity index is 2.10. The lowest BCUT2D eigenvalue weighted by Crippen LogP contribution is -2.23. The van der Waals surface area contributed by atoms with Gasteiger partial charge in [0.15, 0.2) is 0 Å². The van der Waals surface area contributed by atoms with Crippen LogP contribution in [-0.2, 0) is 7.05 Å². The van der Waals surface area contributed by atoms with Crippen LogP contribution in [-0.4, -0.2) is 10.5 Å². The summed E-state index contributed by atoms with van der Waals surface area (Å²) in [4.78, 5) is 24.9. The Morgan fingerprint density at radius 2 is 1.91 bits per heavy atom. The van der Waals surface area contributed by atoms with Crippen molar-refractivity contribution in [3.63, 3.8) is 0 Å². The Morgan fingerprint density at radius 1 is 1.17 bits per heavy atom. The predicted molar refractivity (Wildman–Crippen MR) is 88.6 cm³/mol. The van der Waals surface area contributed by atoms with Crippen LogP contribution in [0.4, 0.5) is 10.1 Å². The van der Waals surface area contributed by atoms with Crippen LogP contribution >= 0.6 is 11.6 Å². The maximum Gasteiger partial charge on any atom is 0.261 e. The number of amides is 1. The number of pyridine rings is 1. The molecule has 116 valence electrons. The van der Waals surface area contributed by atoms with Crippen molar-refractivity contribution >= 4 is 34.1 Å². The number of para-hydroxylation sites is 2. The monoisotopic (exact) mass is 330 g/mol. The molecule has 1 heterocycles. The van der Waals surface area contributed by atoms with E-state index in [9.17, 15) is 14.0 Å². The van der Waals surface area contributed by atoms with Gasteiger partial charge in [-0.2, -0.15) is 0 Å². The molecule has 1 amide bonds. The number of rotatable bonds is 2. The molecule has 0 aliphatic heterocycles. The highest BCUT2D eigenvalue weighted by molar-refractivity contribution is 6.33. The van der Waals surface area contributed by atoms with Crippen LogP contribution in [0.1, 0.15) is 10.4 Å². The second-order valence-corrected chi connectivity index (χ2v) is 5.46. The van der Waals surface area contributed by atoms with Gasteiger partial charge >= 0.3 is 0 Å². The van der Waals surface area contributed by atoms with Crippen molar-refractivity contribution in [2.24, 2.45) is 7.05 Å². The quantitative estimate of drug-likeness (QED) is 0.780. The molecule has 4 nitrogen and oxygen atoms in total. The van der Waals surface area contributed by atoms with Crippen LogP contribution in [0.3, 0.4) is 0 Å². The van der Waals surface area contributed by atoms with Gasteiger partial charge in [-0.05, 0) is 24.3 Å². The maximum absolute atomic E-state index is 13.9. The van der Waals surface area contributed by atoms with Crippen molar-refractivity contribution in [3.05, 3.63) is 75.3 Å².